The van der Waals surface area contributed by atoms with Crippen molar-refractivity contribution >= 4 is 5.91 Å². The highest BCUT2D eigenvalue weighted by Gasteiger charge is 2.31. The van der Waals surface area contributed by atoms with Crippen molar-refractivity contribution in [2.75, 3.05) is 19.6 Å². The molecule has 2 rings (SSSR count). The van der Waals surface area contributed by atoms with E-state index in [9.17, 15) is 4.79 Å². The third-order valence-corrected chi connectivity index (χ3v) is 4.43. The van der Waals surface area contributed by atoms with Gasteiger partial charge in [0.1, 0.15) is 0 Å². The van der Waals surface area contributed by atoms with Crippen LogP contribution < -0.4 is 5.73 Å². The van der Waals surface area contributed by atoms with Gasteiger partial charge in [0.15, 0.2) is 0 Å². The minimum absolute atomic E-state index is 0.266. The number of hydrogen-bond donors (Lipinski definition) is 1. The molecule has 2 N–H and O–H groups in total. The van der Waals surface area contributed by atoms with Gasteiger partial charge in [-0.2, -0.15) is 0 Å². The van der Waals surface area contributed by atoms with Crippen LogP contribution in [0, 0.1) is 17.8 Å². The van der Waals surface area contributed by atoms with Crippen LogP contribution in [-0.2, 0) is 4.79 Å². The smallest absolute Gasteiger partial charge is 0.225 e. The first kappa shape index (κ1) is 12.9. The standard InChI is InChI=1S/C14H26N2O/c1-11-4-3-7-16(10-11)14(17)13-6-2-5-12(8-13)9-15/h11-13H,2-10,15H2,1H3. The second kappa shape index (κ2) is 5.85. The summed E-state index contributed by atoms with van der Waals surface area (Å²) in [5.41, 5.74) is 5.74. The van der Waals surface area contributed by atoms with Gasteiger partial charge < -0.3 is 10.6 Å². The van der Waals surface area contributed by atoms with E-state index < -0.39 is 0 Å². The number of amides is 1. The first-order chi connectivity index (χ1) is 8.20. The molecule has 2 aliphatic rings. The lowest BCUT2D eigenvalue weighted by molar-refractivity contribution is -0.138. The SMILES string of the molecule is CC1CCCN(C(=O)C2CCCC(CN)C2)C1. The Balaban J connectivity index is 1.89. The summed E-state index contributed by atoms with van der Waals surface area (Å²) in [4.78, 5) is 14.6. The van der Waals surface area contributed by atoms with E-state index in [-0.39, 0.29) is 5.92 Å². The first-order valence-electron chi connectivity index (χ1n) is 7.19. The Morgan fingerprint density at radius 3 is 2.82 bits per heavy atom. The average Bonchev–Trinajstić information content (AvgIpc) is 2.38. The number of nitrogens with two attached hydrogens (primary N) is 1. The number of hydrogen-bond acceptors (Lipinski definition) is 2. The molecule has 3 heteroatoms. The highest BCUT2D eigenvalue weighted by molar-refractivity contribution is 5.79. The maximum atomic E-state index is 12.4. The van der Waals surface area contributed by atoms with Crippen LogP contribution in [0.25, 0.3) is 0 Å². The van der Waals surface area contributed by atoms with Crippen LogP contribution in [0.2, 0.25) is 0 Å². The topological polar surface area (TPSA) is 46.3 Å². The van der Waals surface area contributed by atoms with Gasteiger partial charge in [0.05, 0.1) is 0 Å². The summed E-state index contributed by atoms with van der Waals surface area (Å²) in [5.74, 6) is 1.94. The van der Waals surface area contributed by atoms with Gasteiger partial charge in [0.2, 0.25) is 5.91 Å². The van der Waals surface area contributed by atoms with Crippen LogP contribution in [0.3, 0.4) is 0 Å². The van der Waals surface area contributed by atoms with Gasteiger partial charge in [0, 0.05) is 19.0 Å². The fourth-order valence-electron chi connectivity index (χ4n) is 3.38. The molecule has 1 saturated heterocycles. The van der Waals surface area contributed by atoms with Crippen molar-refractivity contribution in [3.8, 4) is 0 Å². The zero-order valence-electron chi connectivity index (χ0n) is 11.0. The van der Waals surface area contributed by atoms with Gasteiger partial charge in [-0.3, -0.25) is 4.79 Å². The van der Waals surface area contributed by atoms with Crippen LogP contribution >= 0.6 is 0 Å². The molecule has 0 radical (unpaired) electrons. The molecule has 1 aliphatic heterocycles. The quantitative estimate of drug-likeness (QED) is 0.800. The van der Waals surface area contributed by atoms with Gasteiger partial charge in [-0.1, -0.05) is 13.3 Å². The molecule has 0 aromatic carbocycles. The Morgan fingerprint density at radius 2 is 2.12 bits per heavy atom. The van der Waals surface area contributed by atoms with Crippen LogP contribution in [0.1, 0.15) is 45.4 Å². The molecule has 2 fully saturated rings. The van der Waals surface area contributed by atoms with Crippen LogP contribution in [0.15, 0.2) is 0 Å². The number of rotatable bonds is 2. The maximum absolute atomic E-state index is 12.4. The van der Waals surface area contributed by atoms with Crippen molar-refractivity contribution in [2.45, 2.75) is 45.4 Å². The Morgan fingerprint density at radius 1 is 1.29 bits per heavy atom. The fraction of sp³-hybridized carbons (Fsp3) is 0.929. The van der Waals surface area contributed by atoms with Gasteiger partial charge in [-0.05, 0) is 50.5 Å². The van der Waals surface area contributed by atoms with E-state index in [4.69, 9.17) is 5.73 Å². The summed E-state index contributed by atoms with van der Waals surface area (Å²) < 4.78 is 0. The summed E-state index contributed by atoms with van der Waals surface area (Å²) in [6.07, 6.45) is 6.97. The zero-order chi connectivity index (χ0) is 12.3. The molecule has 1 saturated carbocycles. The highest BCUT2D eigenvalue weighted by atomic mass is 16.2. The van der Waals surface area contributed by atoms with Crippen molar-refractivity contribution in [3.05, 3.63) is 0 Å². The maximum Gasteiger partial charge on any atom is 0.225 e. The molecule has 3 nitrogen and oxygen atoms in total. The lowest BCUT2D eigenvalue weighted by Crippen LogP contribution is -2.43. The molecule has 3 atom stereocenters. The molecule has 1 heterocycles. The van der Waals surface area contributed by atoms with Gasteiger partial charge in [0.25, 0.3) is 0 Å². The summed E-state index contributed by atoms with van der Waals surface area (Å²) in [6, 6.07) is 0. The first-order valence-corrected chi connectivity index (χ1v) is 7.19. The molecule has 0 aromatic rings. The van der Waals surface area contributed by atoms with E-state index in [0.717, 1.165) is 32.5 Å². The Hall–Kier alpha value is -0.570. The van der Waals surface area contributed by atoms with E-state index in [1.54, 1.807) is 0 Å². The zero-order valence-corrected chi connectivity index (χ0v) is 11.0. The molecule has 98 valence electrons. The molecular formula is C14H26N2O. The Labute approximate surface area is 105 Å². The monoisotopic (exact) mass is 238 g/mol. The predicted octanol–water partition coefficient (Wildman–Crippen LogP) is 2.01. The van der Waals surface area contributed by atoms with Gasteiger partial charge >= 0.3 is 0 Å². The highest BCUT2D eigenvalue weighted by Crippen LogP contribution is 2.30. The molecule has 1 aliphatic carbocycles. The van der Waals surface area contributed by atoms with Gasteiger partial charge in [-0.25, -0.2) is 0 Å². The molecule has 1 amide bonds. The minimum atomic E-state index is 0.266. The second-order valence-corrected chi connectivity index (χ2v) is 6.00. The summed E-state index contributed by atoms with van der Waals surface area (Å²) in [7, 11) is 0. The molecule has 17 heavy (non-hydrogen) atoms. The molecule has 3 unspecified atom stereocenters. The van der Waals surface area contributed by atoms with E-state index in [2.05, 4.69) is 11.8 Å². The number of likely N-dealkylation sites (tertiary alicyclic amines) is 1. The van der Waals surface area contributed by atoms with Crippen LogP contribution in [-0.4, -0.2) is 30.4 Å². The molecule has 0 spiro atoms. The summed E-state index contributed by atoms with van der Waals surface area (Å²) >= 11 is 0. The van der Waals surface area contributed by atoms with Crippen molar-refractivity contribution in [2.24, 2.45) is 23.5 Å². The predicted molar refractivity (Wildman–Crippen MR) is 69.5 cm³/mol. The Kier molecular flexibility index (Phi) is 4.43. The lowest BCUT2D eigenvalue weighted by Gasteiger charge is -2.36. The normalized spacial score (nSPS) is 34.7. The van der Waals surface area contributed by atoms with Gasteiger partial charge in [-0.15, -0.1) is 0 Å². The fourth-order valence-corrected chi connectivity index (χ4v) is 3.38. The van der Waals surface area contributed by atoms with Crippen molar-refractivity contribution in [1.82, 2.24) is 4.90 Å². The molecule has 0 bridgehead atoms. The second-order valence-electron chi connectivity index (χ2n) is 6.00. The minimum Gasteiger partial charge on any atom is -0.342 e. The Bertz CT molecular complexity index is 267. The lowest BCUT2D eigenvalue weighted by atomic mass is 9.80. The van der Waals surface area contributed by atoms with E-state index >= 15 is 0 Å². The van der Waals surface area contributed by atoms with Crippen LogP contribution in [0.4, 0.5) is 0 Å². The van der Waals surface area contributed by atoms with E-state index in [1.807, 2.05) is 0 Å². The van der Waals surface area contributed by atoms with Crippen molar-refractivity contribution in [1.29, 1.82) is 0 Å². The number of carbonyl (C=O) groups is 1. The van der Waals surface area contributed by atoms with Crippen LogP contribution in [0.5, 0.6) is 0 Å². The average molecular weight is 238 g/mol. The number of carbonyl (C=O) groups excluding carboxylic acids is 1. The third-order valence-electron chi connectivity index (χ3n) is 4.43. The number of piperidine rings is 1. The molecular weight excluding hydrogens is 212 g/mol. The molecule has 0 aromatic heterocycles. The third kappa shape index (κ3) is 3.21. The van der Waals surface area contributed by atoms with Crippen molar-refractivity contribution in [3.63, 3.8) is 0 Å². The number of nitrogens with zero attached hydrogens (tertiary/aromatic N) is 1. The largest absolute Gasteiger partial charge is 0.342 e. The summed E-state index contributed by atoms with van der Waals surface area (Å²) in [6.45, 7) is 4.96. The van der Waals surface area contributed by atoms with E-state index in [1.165, 1.54) is 25.7 Å². The van der Waals surface area contributed by atoms with E-state index in [0.29, 0.717) is 17.7 Å². The van der Waals surface area contributed by atoms with Crippen molar-refractivity contribution < 1.29 is 4.79 Å². The summed E-state index contributed by atoms with van der Waals surface area (Å²) in [5, 5.41) is 0.